The van der Waals surface area contributed by atoms with Gasteiger partial charge in [-0.3, -0.25) is 0 Å². The zero-order chi connectivity index (χ0) is 11.7. The molecule has 0 aliphatic heterocycles. The first-order chi connectivity index (χ1) is 7.63. The lowest BCUT2D eigenvalue weighted by atomic mass is 9.96. The molecule has 0 saturated heterocycles. The number of rotatable bonds is 3. The molecule has 0 spiro atoms. The number of halogens is 2. The summed E-state index contributed by atoms with van der Waals surface area (Å²) < 4.78 is 14.1. The van der Waals surface area contributed by atoms with Crippen molar-refractivity contribution in [2.75, 3.05) is 0 Å². The van der Waals surface area contributed by atoms with Crippen LogP contribution in [0.15, 0.2) is 22.8 Å². The minimum Gasteiger partial charge on any atom is -0.360 e. The smallest absolute Gasteiger partial charge is 0.125 e. The molecule has 0 radical (unpaired) electrons. The van der Waals surface area contributed by atoms with E-state index in [1.165, 1.54) is 11.6 Å². The first-order valence-electron chi connectivity index (χ1n) is 5.59. The van der Waals surface area contributed by atoms with Crippen LogP contribution in [-0.4, -0.2) is 4.98 Å². The third kappa shape index (κ3) is 2.01. The standard InChI is InChI=1S/C13H15BrFN/c1-3-4-8(2)11-7-16-13-10(11)5-9(15)6-12(13)14/h5-8,16H,3-4H2,1-2H3. The fraction of sp³-hybridized carbons (Fsp3) is 0.385. The molecule has 3 heteroatoms. The first-order valence-corrected chi connectivity index (χ1v) is 6.38. The van der Waals surface area contributed by atoms with Gasteiger partial charge in [-0.15, -0.1) is 0 Å². The number of hydrogen-bond acceptors (Lipinski definition) is 0. The zero-order valence-corrected chi connectivity index (χ0v) is 11.1. The Morgan fingerprint density at radius 3 is 2.88 bits per heavy atom. The molecule has 86 valence electrons. The van der Waals surface area contributed by atoms with Crippen LogP contribution in [0.25, 0.3) is 10.9 Å². The Morgan fingerprint density at radius 2 is 2.19 bits per heavy atom. The van der Waals surface area contributed by atoms with Gasteiger partial charge in [0.2, 0.25) is 0 Å². The molecule has 1 nitrogen and oxygen atoms in total. The van der Waals surface area contributed by atoms with Gasteiger partial charge >= 0.3 is 0 Å². The molecule has 1 atom stereocenters. The van der Waals surface area contributed by atoms with Gasteiger partial charge in [-0.2, -0.15) is 0 Å². The summed E-state index contributed by atoms with van der Waals surface area (Å²) in [5, 5.41) is 0.993. The Labute approximate surface area is 103 Å². The molecule has 1 aromatic carbocycles. The van der Waals surface area contributed by atoms with Gasteiger partial charge in [0.05, 0.1) is 5.52 Å². The van der Waals surface area contributed by atoms with Gasteiger partial charge < -0.3 is 4.98 Å². The fourth-order valence-corrected chi connectivity index (χ4v) is 2.72. The van der Waals surface area contributed by atoms with Crippen molar-refractivity contribution in [2.45, 2.75) is 32.6 Å². The highest BCUT2D eigenvalue weighted by Crippen LogP contribution is 2.32. The van der Waals surface area contributed by atoms with Crippen molar-refractivity contribution >= 4 is 26.8 Å². The van der Waals surface area contributed by atoms with Gasteiger partial charge in [0.25, 0.3) is 0 Å². The number of aromatic nitrogens is 1. The maximum Gasteiger partial charge on any atom is 0.125 e. The van der Waals surface area contributed by atoms with Crippen LogP contribution >= 0.6 is 15.9 Å². The molecule has 2 rings (SSSR count). The highest BCUT2D eigenvalue weighted by atomic mass is 79.9. The third-order valence-corrected chi connectivity index (χ3v) is 3.62. The van der Waals surface area contributed by atoms with E-state index in [-0.39, 0.29) is 5.82 Å². The fourth-order valence-electron chi connectivity index (χ4n) is 2.17. The molecule has 2 aromatic rings. The summed E-state index contributed by atoms with van der Waals surface area (Å²) in [5.41, 5.74) is 2.19. The molecule has 0 bridgehead atoms. The maximum atomic E-state index is 13.4. The van der Waals surface area contributed by atoms with Gasteiger partial charge in [-0.25, -0.2) is 4.39 Å². The predicted octanol–water partition coefficient (Wildman–Crippen LogP) is 4.97. The van der Waals surface area contributed by atoms with E-state index in [2.05, 4.69) is 34.8 Å². The molecule has 16 heavy (non-hydrogen) atoms. The van der Waals surface area contributed by atoms with Gasteiger partial charge in [-0.1, -0.05) is 20.3 Å². The van der Waals surface area contributed by atoms with Crippen molar-refractivity contribution in [3.8, 4) is 0 Å². The van der Waals surface area contributed by atoms with E-state index >= 15 is 0 Å². The van der Waals surface area contributed by atoms with Crippen molar-refractivity contribution in [1.29, 1.82) is 0 Å². The second-order valence-corrected chi connectivity index (χ2v) is 5.10. The van der Waals surface area contributed by atoms with E-state index in [0.717, 1.165) is 28.2 Å². The lowest BCUT2D eigenvalue weighted by molar-refractivity contribution is 0.628. The molecular weight excluding hydrogens is 269 g/mol. The summed E-state index contributed by atoms with van der Waals surface area (Å²) in [6.45, 7) is 4.35. The van der Waals surface area contributed by atoms with Crippen LogP contribution in [0.2, 0.25) is 0 Å². The van der Waals surface area contributed by atoms with Crippen LogP contribution in [0.4, 0.5) is 4.39 Å². The second kappa shape index (κ2) is 4.58. The molecule has 1 heterocycles. The number of nitrogens with one attached hydrogen (secondary N) is 1. The molecule has 0 fully saturated rings. The Kier molecular flexibility index (Phi) is 3.33. The average Bonchev–Trinajstić information content (AvgIpc) is 2.61. The van der Waals surface area contributed by atoms with Crippen molar-refractivity contribution in [3.05, 3.63) is 34.2 Å². The average molecular weight is 284 g/mol. The minimum absolute atomic E-state index is 0.191. The lowest BCUT2D eigenvalue weighted by Crippen LogP contribution is -1.91. The van der Waals surface area contributed by atoms with Crippen molar-refractivity contribution in [3.63, 3.8) is 0 Å². The number of aromatic amines is 1. The Hall–Kier alpha value is -0.830. The van der Waals surface area contributed by atoms with Crippen LogP contribution in [0.1, 0.15) is 38.2 Å². The molecule has 0 aliphatic carbocycles. The molecule has 0 saturated carbocycles. The summed E-state index contributed by atoms with van der Waals surface area (Å²) >= 11 is 3.38. The van der Waals surface area contributed by atoms with Gasteiger partial charge in [0.1, 0.15) is 5.82 Å². The zero-order valence-electron chi connectivity index (χ0n) is 9.48. The monoisotopic (exact) mass is 283 g/mol. The van der Waals surface area contributed by atoms with Gasteiger partial charge in [-0.05, 0) is 46.0 Å². The minimum atomic E-state index is -0.191. The molecule has 1 unspecified atom stereocenters. The quantitative estimate of drug-likeness (QED) is 0.818. The van der Waals surface area contributed by atoms with Gasteiger partial charge in [0.15, 0.2) is 0 Å². The third-order valence-electron chi connectivity index (χ3n) is 2.99. The largest absolute Gasteiger partial charge is 0.360 e. The van der Waals surface area contributed by atoms with E-state index in [9.17, 15) is 4.39 Å². The summed E-state index contributed by atoms with van der Waals surface area (Å²) in [4.78, 5) is 3.21. The lowest BCUT2D eigenvalue weighted by Gasteiger charge is -2.08. The van der Waals surface area contributed by atoms with E-state index in [1.807, 2.05) is 6.20 Å². The number of benzene rings is 1. The summed E-state index contributed by atoms with van der Waals surface area (Å²) in [5.74, 6) is 0.274. The van der Waals surface area contributed by atoms with Gasteiger partial charge in [0, 0.05) is 16.1 Å². The Bertz CT molecular complexity index is 504. The summed E-state index contributed by atoms with van der Waals surface area (Å²) in [7, 11) is 0. The molecule has 0 aliphatic rings. The van der Waals surface area contributed by atoms with E-state index in [0.29, 0.717) is 5.92 Å². The van der Waals surface area contributed by atoms with Crippen LogP contribution in [-0.2, 0) is 0 Å². The number of hydrogen-bond donors (Lipinski definition) is 1. The summed E-state index contributed by atoms with van der Waals surface area (Å²) in [6.07, 6.45) is 4.26. The molecular formula is C13H15BrFN. The van der Waals surface area contributed by atoms with Crippen LogP contribution in [0, 0.1) is 5.82 Å². The Morgan fingerprint density at radius 1 is 1.44 bits per heavy atom. The highest BCUT2D eigenvalue weighted by molar-refractivity contribution is 9.10. The normalized spacial score (nSPS) is 13.2. The highest BCUT2D eigenvalue weighted by Gasteiger charge is 2.13. The Balaban J connectivity index is 2.55. The van der Waals surface area contributed by atoms with E-state index < -0.39 is 0 Å². The second-order valence-electron chi connectivity index (χ2n) is 4.24. The topological polar surface area (TPSA) is 15.8 Å². The molecule has 1 aromatic heterocycles. The van der Waals surface area contributed by atoms with Crippen molar-refractivity contribution in [1.82, 2.24) is 4.98 Å². The summed E-state index contributed by atoms with van der Waals surface area (Å²) in [6, 6.07) is 3.10. The maximum absolute atomic E-state index is 13.4. The van der Waals surface area contributed by atoms with Crippen molar-refractivity contribution in [2.24, 2.45) is 0 Å². The molecule has 0 amide bonds. The molecule has 1 N–H and O–H groups in total. The predicted molar refractivity (Wildman–Crippen MR) is 69.3 cm³/mol. The first kappa shape index (κ1) is 11.6. The number of H-pyrrole nitrogens is 1. The van der Waals surface area contributed by atoms with Crippen LogP contribution < -0.4 is 0 Å². The van der Waals surface area contributed by atoms with Crippen molar-refractivity contribution < 1.29 is 4.39 Å². The van der Waals surface area contributed by atoms with E-state index in [1.54, 1.807) is 6.07 Å². The number of fused-ring (bicyclic) bond motifs is 1. The SMILES string of the molecule is CCCC(C)c1c[nH]c2c(Br)cc(F)cc12. The van der Waals surface area contributed by atoms with E-state index in [4.69, 9.17) is 0 Å². The van der Waals surface area contributed by atoms with Crippen LogP contribution in [0.3, 0.4) is 0 Å². The van der Waals surface area contributed by atoms with Crippen LogP contribution in [0.5, 0.6) is 0 Å².